The summed E-state index contributed by atoms with van der Waals surface area (Å²) in [6.45, 7) is 9.76. The normalized spacial score (nSPS) is 44.5. The summed E-state index contributed by atoms with van der Waals surface area (Å²) in [5, 5.41) is 10.6. The van der Waals surface area contributed by atoms with Crippen LogP contribution in [0.5, 0.6) is 0 Å². The van der Waals surface area contributed by atoms with Crippen LogP contribution in [-0.2, 0) is 0 Å². The molecule has 1 nitrogen and oxygen atoms in total. The van der Waals surface area contributed by atoms with Crippen molar-refractivity contribution >= 4 is 0 Å². The van der Waals surface area contributed by atoms with Gasteiger partial charge in [0.1, 0.15) is 0 Å². The predicted octanol–water partition coefficient (Wildman–Crippen LogP) is 5.09. The van der Waals surface area contributed by atoms with Gasteiger partial charge in [-0.2, -0.15) is 0 Å². The zero-order valence-corrected chi connectivity index (χ0v) is 13.8. The summed E-state index contributed by atoms with van der Waals surface area (Å²) in [6.07, 6.45) is 9.99. The summed E-state index contributed by atoms with van der Waals surface area (Å²) >= 11 is 0. The number of hydrogen-bond donors (Lipinski definition) is 1. The summed E-state index contributed by atoms with van der Waals surface area (Å²) in [4.78, 5) is 0. The Morgan fingerprint density at radius 1 is 1.05 bits per heavy atom. The van der Waals surface area contributed by atoms with Gasteiger partial charge in [-0.05, 0) is 74.5 Å². The molecule has 0 aliphatic heterocycles. The summed E-state index contributed by atoms with van der Waals surface area (Å²) in [6, 6.07) is 0. The second kappa shape index (κ2) is 4.87. The highest BCUT2D eigenvalue weighted by atomic mass is 16.3. The van der Waals surface area contributed by atoms with Crippen LogP contribution in [0.25, 0.3) is 0 Å². The van der Waals surface area contributed by atoms with E-state index in [9.17, 15) is 5.11 Å². The van der Waals surface area contributed by atoms with Gasteiger partial charge in [0.25, 0.3) is 0 Å². The summed E-state index contributed by atoms with van der Waals surface area (Å²) in [5.74, 6) is 1.32. The lowest BCUT2D eigenvalue weighted by atomic mass is 9.53. The molecule has 0 unspecified atom stereocenters. The SMILES string of the molecule is CC1=C2CC[C@]3(C)CCC[C@@H](O)[C@H]3C[C@H](CC1)C2(C)C. The van der Waals surface area contributed by atoms with Gasteiger partial charge in [0.05, 0.1) is 6.10 Å². The smallest absolute Gasteiger partial charge is 0.0573 e. The van der Waals surface area contributed by atoms with Gasteiger partial charge in [-0.15, -0.1) is 0 Å². The quantitative estimate of drug-likeness (QED) is 0.611. The van der Waals surface area contributed by atoms with E-state index in [1.165, 1.54) is 44.9 Å². The molecule has 0 saturated heterocycles. The minimum atomic E-state index is -0.0434. The molecule has 0 amide bonds. The van der Waals surface area contributed by atoms with E-state index in [0.717, 1.165) is 12.3 Å². The van der Waals surface area contributed by atoms with Crippen molar-refractivity contribution in [1.82, 2.24) is 0 Å². The Bertz CT molecular complexity index is 419. The Kier molecular flexibility index (Phi) is 3.56. The van der Waals surface area contributed by atoms with Crippen molar-refractivity contribution in [2.75, 3.05) is 0 Å². The molecule has 2 bridgehead atoms. The number of fused-ring (bicyclic) bond motifs is 3. The number of allylic oxidation sites excluding steroid dienone is 2. The third kappa shape index (κ3) is 2.17. The average Bonchev–Trinajstić information content (AvgIpc) is 2.35. The monoisotopic (exact) mass is 276 g/mol. The fourth-order valence-corrected chi connectivity index (χ4v) is 5.68. The highest BCUT2D eigenvalue weighted by Gasteiger charge is 2.48. The van der Waals surface area contributed by atoms with Gasteiger partial charge in [-0.1, -0.05) is 38.3 Å². The summed E-state index contributed by atoms with van der Waals surface area (Å²) < 4.78 is 0. The molecule has 20 heavy (non-hydrogen) atoms. The van der Waals surface area contributed by atoms with Crippen molar-refractivity contribution in [3.8, 4) is 0 Å². The maximum Gasteiger partial charge on any atom is 0.0573 e. The second-order valence-corrected chi connectivity index (χ2v) is 8.67. The number of aliphatic hydroxyl groups excluding tert-OH is 1. The summed E-state index contributed by atoms with van der Waals surface area (Å²) in [5.41, 5.74) is 4.17. The van der Waals surface area contributed by atoms with Gasteiger partial charge in [0, 0.05) is 0 Å². The minimum Gasteiger partial charge on any atom is -0.393 e. The third-order valence-electron chi connectivity index (χ3n) is 7.27. The van der Waals surface area contributed by atoms with E-state index in [1.54, 1.807) is 11.1 Å². The second-order valence-electron chi connectivity index (χ2n) is 8.67. The lowest BCUT2D eigenvalue weighted by molar-refractivity contribution is -0.0519. The van der Waals surface area contributed by atoms with Crippen LogP contribution in [0, 0.1) is 22.7 Å². The molecule has 3 rings (SSSR count). The van der Waals surface area contributed by atoms with E-state index < -0.39 is 0 Å². The van der Waals surface area contributed by atoms with Crippen molar-refractivity contribution in [2.24, 2.45) is 22.7 Å². The van der Waals surface area contributed by atoms with Crippen LogP contribution < -0.4 is 0 Å². The lowest BCUT2D eigenvalue weighted by Gasteiger charge is -2.53. The van der Waals surface area contributed by atoms with Crippen molar-refractivity contribution in [1.29, 1.82) is 0 Å². The maximum absolute atomic E-state index is 10.6. The van der Waals surface area contributed by atoms with Crippen molar-refractivity contribution in [2.45, 2.75) is 85.2 Å². The van der Waals surface area contributed by atoms with E-state index in [0.29, 0.717) is 16.7 Å². The van der Waals surface area contributed by atoms with Gasteiger partial charge >= 0.3 is 0 Å². The molecule has 114 valence electrons. The first-order valence-electron chi connectivity index (χ1n) is 8.72. The van der Waals surface area contributed by atoms with Crippen LogP contribution in [-0.4, -0.2) is 11.2 Å². The first-order valence-corrected chi connectivity index (χ1v) is 8.72. The van der Waals surface area contributed by atoms with Gasteiger partial charge in [-0.3, -0.25) is 0 Å². The van der Waals surface area contributed by atoms with Crippen LogP contribution in [0.3, 0.4) is 0 Å². The highest BCUT2D eigenvalue weighted by molar-refractivity contribution is 5.25. The number of hydrogen-bond acceptors (Lipinski definition) is 1. The predicted molar refractivity (Wildman–Crippen MR) is 84.5 cm³/mol. The molecule has 0 aromatic carbocycles. The lowest BCUT2D eigenvalue weighted by Crippen LogP contribution is -2.46. The van der Waals surface area contributed by atoms with Crippen LogP contribution in [0.15, 0.2) is 11.1 Å². The fraction of sp³-hybridized carbons (Fsp3) is 0.895. The topological polar surface area (TPSA) is 20.2 Å². The Balaban J connectivity index is 1.97. The Hall–Kier alpha value is -0.300. The van der Waals surface area contributed by atoms with Crippen LogP contribution in [0.1, 0.15) is 79.1 Å². The van der Waals surface area contributed by atoms with Crippen molar-refractivity contribution < 1.29 is 5.11 Å². The number of rotatable bonds is 0. The molecule has 2 fully saturated rings. The van der Waals surface area contributed by atoms with Crippen molar-refractivity contribution in [3.63, 3.8) is 0 Å². The van der Waals surface area contributed by atoms with E-state index >= 15 is 0 Å². The van der Waals surface area contributed by atoms with E-state index in [-0.39, 0.29) is 6.10 Å². The van der Waals surface area contributed by atoms with Gasteiger partial charge in [0.15, 0.2) is 0 Å². The average molecular weight is 276 g/mol. The van der Waals surface area contributed by atoms with Crippen LogP contribution >= 0.6 is 0 Å². The fourth-order valence-electron chi connectivity index (χ4n) is 5.68. The van der Waals surface area contributed by atoms with Gasteiger partial charge in [-0.25, -0.2) is 0 Å². The molecule has 2 saturated carbocycles. The zero-order chi connectivity index (χ0) is 14.5. The van der Waals surface area contributed by atoms with Gasteiger partial charge in [0.2, 0.25) is 0 Å². The Morgan fingerprint density at radius 3 is 2.55 bits per heavy atom. The van der Waals surface area contributed by atoms with Gasteiger partial charge < -0.3 is 5.11 Å². The molecule has 1 N–H and O–H groups in total. The highest BCUT2D eigenvalue weighted by Crippen LogP contribution is 2.57. The molecule has 4 atom stereocenters. The molecule has 0 aromatic rings. The van der Waals surface area contributed by atoms with E-state index in [4.69, 9.17) is 0 Å². The largest absolute Gasteiger partial charge is 0.393 e. The molecule has 3 aliphatic carbocycles. The maximum atomic E-state index is 10.6. The first-order chi connectivity index (χ1) is 9.34. The van der Waals surface area contributed by atoms with Crippen LogP contribution in [0.2, 0.25) is 0 Å². The minimum absolute atomic E-state index is 0.0434. The van der Waals surface area contributed by atoms with Crippen molar-refractivity contribution in [3.05, 3.63) is 11.1 Å². The Labute approximate surface area is 124 Å². The third-order valence-corrected chi connectivity index (χ3v) is 7.27. The molecule has 3 aliphatic rings. The van der Waals surface area contributed by atoms with E-state index in [2.05, 4.69) is 27.7 Å². The Morgan fingerprint density at radius 2 is 1.80 bits per heavy atom. The molecular formula is C19H32O. The standard InChI is InChI=1S/C19H32O/c1-13-7-8-14-12-16-17(20)6-5-10-19(16,4)11-9-15(13)18(14,2)3/h14,16-17,20H,5-12H2,1-4H3/t14-,16+,17+,19-/m0/s1. The molecule has 0 radical (unpaired) electrons. The molecule has 0 heterocycles. The zero-order valence-electron chi connectivity index (χ0n) is 13.8. The summed E-state index contributed by atoms with van der Waals surface area (Å²) in [7, 11) is 0. The van der Waals surface area contributed by atoms with E-state index in [1.807, 2.05) is 0 Å². The molecular weight excluding hydrogens is 244 g/mol. The van der Waals surface area contributed by atoms with Crippen LogP contribution in [0.4, 0.5) is 0 Å². The molecule has 0 aromatic heterocycles. The number of aliphatic hydroxyl groups is 1. The molecule has 0 spiro atoms. The molecule has 1 heteroatoms. The first kappa shape index (κ1) is 14.6.